The van der Waals surface area contributed by atoms with Crippen LogP contribution in [0.25, 0.3) is 11.1 Å². The lowest BCUT2D eigenvalue weighted by atomic mass is 9.96. The molecule has 0 unspecified atom stereocenters. The van der Waals surface area contributed by atoms with E-state index in [0.717, 1.165) is 75.4 Å². The molecule has 1 aliphatic carbocycles. The quantitative estimate of drug-likeness (QED) is 0.719. The van der Waals surface area contributed by atoms with Crippen molar-refractivity contribution in [1.82, 2.24) is 9.47 Å². The van der Waals surface area contributed by atoms with E-state index in [1.54, 1.807) is 17.4 Å². The van der Waals surface area contributed by atoms with Gasteiger partial charge >= 0.3 is 5.97 Å². The molecule has 4 rings (SSSR count). The fourth-order valence-corrected chi connectivity index (χ4v) is 6.26. The smallest absolute Gasteiger partial charge is 0.323 e. The highest BCUT2D eigenvalue weighted by Gasteiger charge is 2.36. The molecule has 2 amide bonds. The third-order valence-corrected chi connectivity index (χ3v) is 7.58. The van der Waals surface area contributed by atoms with E-state index in [1.807, 2.05) is 24.5 Å². The summed E-state index contributed by atoms with van der Waals surface area (Å²) >= 11 is 2.40. The minimum absolute atomic E-state index is 0.201. The van der Waals surface area contributed by atoms with Gasteiger partial charge in [0.2, 0.25) is 0 Å². The molecule has 2 aliphatic rings. The summed E-state index contributed by atoms with van der Waals surface area (Å²) in [6.07, 6.45) is 5.79. The Bertz CT molecular complexity index is 1170. The number of aromatic nitrogens is 1. The summed E-state index contributed by atoms with van der Waals surface area (Å²) in [4.78, 5) is 37.6. The normalized spacial score (nSPS) is 17.5. The topological polar surface area (TPSA) is 103 Å². The van der Waals surface area contributed by atoms with Crippen molar-refractivity contribution in [3.8, 4) is 11.1 Å². The number of nitrogens with zero attached hydrogens (tertiary/aromatic N) is 3. The van der Waals surface area contributed by atoms with Gasteiger partial charge in [0, 0.05) is 16.3 Å². The van der Waals surface area contributed by atoms with Crippen molar-refractivity contribution in [2.45, 2.75) is 39.5 Å². The predicted octanol–water partition coefficient (Wildman–Crippen LogP) is 4.03. The number of carbonyl (C=O) groups excluding carboxylic acids is 2. The molecule has 1 saturated heterocycles. The van der Waals surface area contributed by atoms with Crippen LogP contribution < -0.4 is 0 Å². The van der Waals surface area contributed by atoms with E-state index in [1.165, 1.54) is 4.88 Å². The molecule has 7 nitrogen and oxygen atoms in total. The van der Waals surface area contributed by atoms with Gasteiger partial charge in [-0.3, -0.25) is 19.3 Å². The predicted molar refractivity (Wildman–Crippen MR) is 115 cm³/mol. The number of thiophene rings is 1. The number of thioether (sulfide) groups is 1. The van der Waals surface area contributed by atoms with Crippen LogP contribution in [0.4, 0.5) is 4.79 Å². The van der Waals surface area contributed by atoms with Crippen molar-refractivity contribution in [3.63, 3.8) is 0 Å². The average Bonchev–Trinajstić information content (AvgIpc) is 3.28. The largest absolute Gasteiger partial charge is 0.480 e. The third kappa shape index (κ3) is 3.36. The lowest BCUT2D eigenvalue weighted by molar-refractivity contribution is -0.140. The van der Waals surface area contributed by atoms with Crippen molar-refractivity contribution >= 4 is 46.3 Å². The number of hydrogen-bond donors (Lipinski definition) is 1. The zero-order valence-corrected chi connectivity index (χ0v) is 18.2. The fourth-order valence-electron chi connectivity index (χ4n) is 3.98. The van der Waals surface area contributed by atoms with Crippen LogP contribution in [0.15, 0.2) is 11.0 Å². The molecular weight excluding hydrogens is 422 g/mol. The van der Waals surface area contributed by atoms with Crippen LogP contribution in [0.2, 0.25) is 0 Å². The molecule has 0 radical (unpaired) electrons. The standard InChI is InChI=1S/C21H19N3O4S2/c1-11-7-13(8-17-19(27)23(10-18(25)26)21(28)30-17)12(2)24(11)20-15(9-22)14-5-3-4-6-16(14)29-20/h7-8H,3-6,10H2,1-2H3,(H,25,26). The maximum atomic E-state index is 12.5. The van der Waals surface area contributed by atoms with Gasteiger partial charge in [-0.1, -0.05) is 0 Å². The Morgan fingerprint density at radius 2 is 2.03 bits per heavy atom. The molecule has 9 heteroatoms. The second-order valence-corrected chi connectivity index (χ2v) is 9.40. The van der Waals surface area contributed by atoms with Gasteiger partial charge < -0.3 is 9.67 Å². The number of hydrogen-bond acceptors (Lipinski definition) is 6. The lowest BCUT2D eigenvalue weighted by Crippen LogP contribution is -2.33. The molecule has 154 valence electrons. The van der Waals surface area contributed by atoms with Crippen LogP contribution in [-0.4, -0.2) is 38.2 Å². The highest BCUT2D eigenvalue weighted by atomic mass is 32.2. The van der Waals surface area contributed by atoms with E-state index in [2.05, 4.69) is 6.07 Å². The summed E-state index contributed by atoms with van der Waals surface area (Å²) in [6.45, 7) is 3.22. The number of fused-ring (bicyclic) bond motifs is 1. The first kappa shape index (κ1) is 20.4. The summed E-state index contributed by atoms with van der Waals surface area (Å²) in [7, 11) is 0. The number of aryl methyl sites for hydroxylation is 2. The minimum Gasteiger partial charge on any atom is -0.480 e. The second kappa shape index (κ2) is 7.78. The molecule has 2 aromatic heterocycles. The Labute approximate surface area is 181 Å². The highest BCUT2D eigenvalue weighted by Crippen LogP contribution is 2.39. The molecule has 0 spiro atoms. The Balaban J connectivity index is 1.74. The first-order chi connectivity index (χ1) is 14.3. The zero-order valence-electron chi connectivity index (χ0n) is 16.5. The summed E-state index contributed by atoms with van der Waals surface area (Å²) in [5, 5.41) is 19.0. The van der Waals surface area contributed by atoms with Gasteiger partial charge in [-0.15, -0.1) is 11.3 Å². The van der Waals surface area contributed by atoms with Crippen LogP contribution in [0.3, 0.4) is 0 Å². The maximum Gasteiger partial charge on any atom is 0.323 e. The molecule has 0 aromatic carbocycles. The van der Waals surface area contributed by atoms with Crippen molar-refractivity contribution in [2.24, 2.45) is 0 Å². The third-order valence-electron chi connectivity index (χ3n) is 5.39. The number of amides is 2. The van der Waals surface area contributed by atoms with Gasteiger partial charge in [-0.2, -0.15) is 5.26 Å². The molecule has 3 heterocycles. The van der Waals surface area contributed by atoms with E-state index in [4.69, 9.17) is 5.11 Å². The van der Waals surface area contributed by atoms with Gasteiger partial charge in [0.15, 0.2) is 0 Å². The van der Waals surface area contributed by atoms with E-state index < -0.39 is 23.7 Å². The van der Waals surface area contributed by atoms with Crippen LogP contribution in [0, 0.1) is 25.2 Å². The number of carboxylic acid groups (broad SMARTS) is 1. The van der Waals surface area contributed by atoms with Gasteiger partial charge in [0.25, 0.3) is 11.1 Å². The second-order valence-electron chi connectivity index (χ2n) is 7.33. The highest BCUT2D eigenvalue weighted by molar-refractivity contribution is 8.18. The minimum atomic E-state index is -1.23. The van der Waals surface area contributed by atoms with Crippen LogP contribution in [-0.2, 0) is 22.4 Å². The Hall–Kier alpha value is -2.83. The monoisotopic (exact) mass is 441 g/mol. The Morgan fingerprint density at radius 3 is 2.73 bits per heavy atom. The summed E-state index contributed by atoms with van der Waals surface area (Å²) in [6, 6.07) is 4.30. The molecule has 1 aliphatic heterocycles. The fraction of sp³-hybridized carbons (Fsp3) is 0.333. The van der Waals surface area contributed by atoms with E-state index in [9.17, 15) is 19.6 Å². The number of rotatable bonds is 4. The van der Waals surface area contributed by atoms with E-state index in [-0.39, 0.29) is 4.91 Å². The van der Waals surface area contributed by atoms with Crippen molar-refractivity contribution in [2.75, 3.05) is 6.54 Å². The molecule has 1 fully saturated rings. The number of carboxylic acids is 1. The summed E-state index contributed by atoms with van der Waals surface area (Å²) in [5.41, 5.74) is 4.45. The summed E-state index contributed by atoms with van der Waals surface area (Å²) in [5.74, 6) is -1.83. The molecule has 0 saturated carbocycles. The molecule has 30 heavy (non-hydrogen) atoms. The Morgan fingerprint density at radius 1 is 1.30 bits per heavy atom. The molecule has 0 atom stereocenters. The molecular formula is C21H19N3O4S2. The van der Waals surface area contributed by atoms with Crippen LogP contribution >= 0.6 is 23.1 Å². The van der Waals surface area contributed by atoms with Gasteiger partial charge in [0.05, 0.1) is 10.5 Å². The van der Waals surface area contributed by atoms with Crippen molar-refractivity contribution < 1.29 is 19.5 Å². The van der Waals surface area contributed by atoms with Gasteiger partial charge in [0.1, 0.15) is 17.6 Å². The van der Waals surface area contributed by atoms with Crippen LogP contribution in [0.1, 0.15) is 45.8 Å². The summed E-state index contributed by atoms with van der Waals surface area (Å²) < 4.78 is 2.04. The molecule has 0 bridgehead atoms. The van der Waals surface area contributed by atoms with E-state index >= 15 is 0 Å². The molecule has 2 aromatic rings. The maximum absolute atomic E-state index is 12.5. The lowest BCUT2D eigenvalue weighted by Gasteiger charge is -2.10. The molecule has 1 N–H and O–H groups in total. The van der Waals surface area contributed by atoms with Crippen molar-refractivity contribution in [1.29, 1.82) is 5.26 Å². The zero-order chi connectivity index (χ0) is 21.6. The average molecular weight is 442 g/mol. The number of carbonyl (C=O) groups is 3. The number of imide groups is 1. The van der Waals surface area contributed by atoms with E-state index in [0.29, 0.717) is 0 Å². The SMILES string of the molecule is Cc1cc(C=C2SC(=O)N(CC(=O)O)C2=O)c(C)n1-c1sc2c(c1C#N)CCCC2. The number of aliphatic carboxylic acids is 1. The first-order valence-corrected chi connectivity index (χ1v) is 11.2. The van der Waals surface area contributed by atoms with Crippen molar-refractivity contribution in [3.05, 3.63) is 43.9 Å². The first-order valence-electron chi connectivity index (χ1n) is 9.53. The van der Waals surface area contributed by atoms with Crippen LogP contribution in [0.5, 0.6) is 0 Å². The van der Waals surface area contributed by atoms with Gasteiger partial charge in [-0.05, 0) is 74.6 Å². The number of nitriles is 1. The Kier molecular flexibility index (Phi) is 5.30. The van der Waals surface area contributed by atoms with Gasteiger partial charge in [-0.25, -0.2) is 0 Å².